The normalized spacial score (nSPS) is 21.6. The van der Waals surface area contributed by atoms with E-state index in [0.717, 1.165) is 16.5 Å². The molecule has 6 nitrogen and oxygen atoms in total. The molecule has 0 fully saturated rings. The van der Waals surface area contributed by atoms with E-state index in [-0.39, 0.29) is 12.2 Å². The monoisotopic (exact) mass is 370 g/mol. The van der Waals surface area contributed by atoms with Crippen LogP contribution in [0.4, 0.5) is 0 Å². The quantitative estimate of drug-likeness (QED) is 0.668. The van der Waals surface area contributed by atoms with Crippen LogP contribution in [0.5, 0.6) is 17.2 Å². The van der Waals surface area contributed by atoms with Crippen LogP contribution in [0.1, 0.15) is 23.3 Å². The van der Waals surface area contributed by atoms with Gasteiger partial charge in [0.25, 0.3) is 0 Å². The standard InChI is InChI=1S/C21H22O6/c1-22-18-14-16(13-10-11-26-17(13)21(25-4)19(14)23-2)27-15(20(18)24-3)12-8-6-5-7-9-12/h5-11,15,18,20H,1-4H3/t15-,18+,20-/m1/s1. The van der Waals surface area contributed by atoms with Crippen molar-refractivity contribution in [2.45, 2.75) is 18.3 Å². The summed E-state index contributed by atoms with van der Waals surface area (Å²) in [7, 11) is 6.48. The molecule has 0 aliphatic carbocycles. The Kier molecular flexibility index (Phi) is 4.68. The van der Waals surface area contributed by atoms with Gasteiger partial charge >= 0.3 is 0 Å². The maximum Gasteiger partial charge on any atom is 0.205 e. The molecule has 0 amide bonds. The van der Waals surface area contributed by atoms with Gasteiger partial charge in [0.2, 0.25) is 5.75 Å². The Labute approximate surface area is 157 Å². The second-order valence-electron chi connectivity index (χ2n) is 6.28. The Morgan fingerprint density at radius 3 is 2.22 bits per heavy atom. The summed E-state index contributed by atoms with van der Waals surface area (Å²) >= 11 is 0. The first-order chi connectivity index (χ1) is 13.2. The van der Waals surface area contributed by atoms with Gasteiger partial charge in [-0.2, -0.15) is 0 Å². The van der Waals surface area contributed by atoms with E-state index in [1.54, 1.807) is 34.7 Å². The number of ether oxygens (including phenoxy) is 5. The SMILES string of the molecule is COc1c2c(c3ccoc3c1OC)O[C@H](c1ccccc1)[C@@H](OC)[C@H]2OC. The molecule has 4 rings (SSSR count). The van der Waals surface area contributed by atoms with Crippen molar-refractivity contribution in [3.8, 4) is 17.2 Å². The summed E-state index contributed by atoms with van der Waals surface area (Å²) in [5, 5.41) is 0.806. The van der Waals surface area contributed by atoms with Crippen molar-refractivity contribution in [3.63, 3.8) is 0 Å². The minimum Gasteiger partial charge on any atom is -0.492 e. The van der Waals surface area contributed by atoms with Crippen LogP contribution in [0, 0.1) is 0 Å². The van der Waals surface area contributed by atoms with Crippen LogP contribution in [0.25, 0.3) is 11.0 Å². The first kappa shape index (κ1) is 17.7. The summed E-state index contributed by atoms with van der Waals surface area (Å²) in [5.74, 6) is 1.69. The topological polar surface area (TPSA) is 59.3 Å². The number of furan rings is 1. The van der Waals surface area contributed by atoms with Crippen LogP contribution in [0.15, 0.2) is 47.1 Å². The summed E-state index contributed by atoms with van der Waals surface area (Å²) in [4.78, 5) is 0. The highest BCUT2D eigenvalue weighted by Gasteiger charge is 2.44. The first-order valence-corrected chi connectivity index (χ1v) is 8.67. The van der Waals surface area contributed by atoms with Gasteiger partial charge < -0.3 is 28.1 Å². The second kappa shape index (κ2) is 7.13. The summed E-state index contributed by atoms with van der Waals surface area (Å²) in [6.45, 7) is 0. The zero-order valence-electron chi connectivity index (χ0n) is 15.7. The Morgan fingerprint density at radius 1 is 0.852 bits per heavy atom. The minimum atomic E-state index is -0.410. The van der Waals surface area contributed by atoms with Gasteiger partial charge in [0.05, 0.1) is 31.4 Å². The van der Waals surface area contributed by atoms with Crippen LogP contribution in [0.3, 0.4) is 0 Å². The third kappa shape index (κ3) is 2.64. The van der Waals surface area contributed by atoms with E-state index in [4.69, 9.17) is 28.1 Å². The summed E-state index contributed by atoms with van der Waals surface area (Å²) < 4.78 is 35.1. The van der Waals surface area contributed by atoms with Crippen molar-refractivity contribution in [3.05, 3.63) is 53.8 Å². The molecule has 27 heavy (non-hydrogen) atoms. The molecule has 2 aromatic carbocycles. The number of methoxy groups -OCH3 is 4. The predicted octanol–water partition coefficient (Wildman–Crippen LogP) is 4.29. The van der Waals surface area contributed by atoms with Crippen LogP contribution < -0.4 is 14.2 Å². The fourth-order valence-corrected chi connectivity index (χ4v) is 3.83. The van der Waals surface area contributed by atoms with Gasteiger partial charge in [-0.25, -0.2) is 0 Å². The van der Waals surface area contributed by atoms with Gasteiger partial charge in [-0.1, -0.05) is 30.3 Å². The molecule has 0 saturated heterocycles. The third-order valence-corrected chi connectivity index (χ3v) is 5.00. The van der Waals surface area contributed by atoms with Gasteiger partial charge in [0.15, 0.2) is 17.4 Å². The molecule has 3 aromatic rings. The average Bonchev–Trinajstić information content (AvgIpc) is 3.21. The van der Waals surface area contributed by atoms with E-state index >= 15 is 0 Å². The summed E-state index contributed by atoms with van der Waals surface area (Å²) in [6, 6.07) is 11.8. The highest BCUT2D eigenvalue weighted by molar-refractivity contribution is 5.94. The number of benzene rings is 2. The molecule has 0 radical (unpaired) electrons. The predicted molar refractivity (Wildman–Crippen MR) is 99.7 cm³/mol. The van der Waals surface area contributed by atoms with Gasteiger partial charge in [0.1, 0.15) is 18.0 Å². The van der Waals surface area contributed by atoms with E-state index in [1.807, 2.05) is 36.4 Å². The number of hydrogen-bond acceptors (Lipinski definition) is 6. The zero-order valence-corrected chi connectivity index (χ0v) is 15.7. The molecule has 3 atom stereocenters. The van der Waals surface area contributed by atoms with Crippen LogP contribution in [-0.2, 0) is 9.47 Å². The zero-order chi connectivity index (χ0) is 19.0. The van der Waals surface area contributed by atoms with Gasteiger partial charge in [-0.3, -0.25) is 0 Å². The molecule has 0 saturated carbocycles. The fourth-order valence-electron chi connectivity index (χ4n) is 3.83. The van der Waals surface area contributed by atoms with Gasteiger partial charge in [0, 0.05) is 14.2 Å². The molecule has 1 aliphatic rings. The lowest BCUT2D eigenvalue weighted by Crippen LogP contribution is -2.37. The molecule has 142 valence electrons. The number of hydrogen-bond donors (Lipinski definition) is 0. The Morgan fingerprint density at radius 2 is 1.59 bits per heavy atom. The molecular formula is C21H22O6. The fraction of sp³-hybridized carbons (Fsp3) is 0.333. The lowest BCUT2D eigenvalue weighted by Gasteiger charge is -2.39. The molecule has 0 spiro atoms. The molecule has 0 bridgehead atoms. The average molecular weight is 370 g/mol. The lowest BCUT2D eigenvalue weighted by molar-refractivity contribution is -0.106. The number of rotatable bonds is 5. The Balaban J connectivity index is 1.99. The summed E-state index contributed by atoms with van der Waals surface area (Å²) in [6.07, 6.45) is 0.489. The second-order valence-corrected chi connectivity index (χ2v) is 6.28. The smallest absolute Gasteiger partial charge is 0.205 e. The lowest BCUT2D eigenvalue weighted by atomic mass is 9.90. The Bertz CT molecular complexity index is 933. The van der Waals surface area contributed by atoms with Crippen LogP contribution in [0.2, 0.25) is 0 Å². The molecule has 2 heterocycles. The van der Waals surface area contributed by atoms with Gasteiger partial charge in [-0.15, -0.1) is 0 Å². The van der Waals surface area contributed by atoms with Crippen molar-refractivity contribution in [2.75, 3.05) is 28.4 Å². The van der Waals surface area contributed by atoms with Gasteiger partial charge in [-0.05, 0) is 11.6 Å². The molecular weight excluding hydrogens is 348 g/mol. The van der Waals surface area contributed by atoms with Crippen molar-refractivity contribution in [1.82, 2.24) is 0 Å². The van der Waals surface area contributed by atoms with Crippen molar-refractivity contribution >= 4 is 11.0 Å². The van der Waals surface area contributed by atoms with E-state index < -0.39 is 6.10 Å². The molecule has 1 aliphatic heterocycles. The van der Waals surface area contributed by atoms with Crippen LogP contribution >= 0.6 is 0 Å². The highest BCUT2D eigenvalue weighted by atomic mass is 16.6. The van der Waals surface area contributed by atoms with Crippen molar-refractivity contribution in [2.24, 2.45) is 0 Å². The molecule has 1 aromatic heterocycles. The third-order valence-electron chi connectivity index (χ3n) is 5.00. The highest BCUT2D eigenvalue weighted by Crippen LogP contribution is 2.55. The first-order valence-electron chi connectivity index (χ1n) is 8.67. The molecule has 6 heteroatoms. The minimum absolute atomic E-state index is 0.343. The molecule has 0 N–H and O–H groups in total. The summed E-state index contributed by atoms with van der Waals surface area (Å²) in [5.41, 5.74) is 2.33. The molecule has 0 unspecified atom stereocenters. The van der Waals surface area contributed by atoms with Crippen molar-refractivity contribution in [1.29, 1.82) is 0 Å². The van der Waals surface area contributed by atoms with E-state index in [0.29, 0.717) is 22.8 Å². The maximum absolute atomic E-state index is 6.47. The van der Waals surface area contributed by atoms with Crippen LogP contribution in [-0.4, -0.2) is 34.5 Å². The Hall–Kier alpha value is -2.70. The number of fused-ring (bicyclic) bond motifs is 3. The largest absolute Gasteiger partial charge is 0.492 e. The van der Waals surface area contributed by atoms with E-state index in [2.05, 4.69) is 0 Å². The van der Waals surface area contributed by atoms with E-state index in [1.165, 1.54) is 0 Å². The van der Waals surface area contributed by atoms with Crippen molar-refractivity contribution < 1.29 is 28.1 Å². The van der Waals surface area contributed by atoms with E-state index in [9.17, 15) is 0 Å². The maximum atomic E-state index is 6.47.